The first-order valence-corrected chi connectivity index (χ1v) is 14.8. The molecule has 0 aliphatic carbocycles. The summed E-state index contributed by atoms with van der Waals surface area (Å²) in [5.74, 6) is -0.175. The third-order valence-electron chi connectivity index (χ3n) is 7.26. The van der Waals surface area contributed by atoms with Crippen molar-refractivity contribution in [2.75, 3.05) is 40.9 Å². The van der Waals surface area contributed by atoms with Gasteiger partial charge in [0.25, 0.3) is 0 Å². The molecule has 1 fully saturated rings. The molecule has 9 heteroatoms. The van der Waals surface area contributed by atoms with Gasteiger partial charge >= 0.3 is 0 Å². The van der Waals surface area contributed by atoms with Crippen molar-refractivity contribution in [2.24, 2.45) is 11.8 Å². The van der Waals surface area contributed by atoms with Gasteiger partial charge in [-0.2, -0.15) is 0 Å². The summed E-state index contributed by atoms with van der Waals surface area (Å²) in [4.78, 5) is 45.3. The fourth-order valence-corrected chi connectivity index (χ4v) is 5.95. The standard InChI is InChI=1S/C30H44N4O4S/c1-20(2)22-8-10-26-27(17-22)39-29(32-26)19-23(18-28(36)31-3)30(37)33-25(21-12-15-38-16-13-21)11-9-24(35)7-6-14-34(4)5/h6-8,10,17,20-21,23,25H,9,11-16,18-19H2,1-5H3,(H,31,36)(H,33,37)/b7-6+/t23-,25+/m0/s1. The van der Waals surface area contributed by atoms with Crippen LogP contribution in [0.25, 0.3) is 10.2 Å². The maximum atomic E-state index is 13.7. The highest BCUT2D eigenvalue weighted by molar-refractivity contribution is 7.18. The van der Waals surface area contributed by atoms with Crippen LogP contribution in [0.5, 0.6) is 0 Å². The Labute approximate surface area is 236 Å². The summed E-state index contributed by atoms with van der Waals surface area (Å²) in [5, 5.41) is 6.75. The lowest BCUT2D eigenvalue weighted by Gasteiger charge is -2.32. The molecule has 1 saturated heterocycles. The number of benzene rings is 1. The third kappa shape index (κ3) is 9.81. The van der Waals surface area contributed by atoms with Gasteiger partial charge in [0.1, 0.15) is 0 Å². The molecule has 0 bridgehead atoms. The predicted octanol–water partition coefficient (Wildman–Crippen LogP) is 4.09. The molecule has 1 aliphatic rings. The Kier molecular flexibility index (Phi) is 12.1. The van der Waals surface area contributed by atoms with Gasteiger partial charge in [-0.15, -0.1) is 11.3 Å². The summed E-state index contributed by atoms with van der Waals surface area (Å²) in [6.07, 6.45) is 6.58. The SMILES string of the molecule is CNC(=O)C[C@@H](Cc1nc2ccc(C(C)C)cc2s1)C(=O)N[C@H](CCC(=O)/C=C/CN(C)C)C1CCOCC1. The number of aromatic nitrogens is 1. The van der Waals surface area contributed by atoms with Crippen molar-refractivity contribution in [3.05, 3.63) is 40.9 Å². The number of fused-ring (bicyclic) bond motifs is 1. The lowest BCUT2D eigenvalue weighted by atomic mass is 9.87. The molecule has 0 unspecified atom stereocenters. The maximum Gasteiger partial charge on any atom is 0.224 e. The van der Waals surface area contributed by atoms with Crippen molar-refractivity contribution in [1.82, 2.24) is 20.5 Å². The first-order valence-electron chi connectivity index (χ1n) is 14.0. The van der Waals surface area contributed by atoms with Gasteiger partial charge in [-0.05, 0) is 69.0 Å². The van der Waals surface area contributed by atoms with Gasteiger partial charge in [0, 0.05) is 52.1 Å². The van der Waals surface area contributed by atoms with Gasteiger partial charge in [-0.25, -0.2) is 4.98 Å². The number of nitrogens with one attached hydrogen (secondary N) is 2. The summed E-state index contributed by atoms with van der Waals surface area (Å²) in [7, 11) is 5.50. The molecule has 2 atom stereocenters. The van der Waals surface area contributed by atoms with E-state index in [9.17, 15) is 14.4 Å². The highest BCUT2D eigenvalue weighted by atomic mass is 32.1. The molecule has 2 aromatic rings. The van der Waals surface area contributed by atoms with Gasteiger partial charge < -0.3 is 20.3 Å². The van der Waals surface area contributed by atoms with Gasteiger partial charge in [-0.1, -0.05) is 26.0 Å². The fraction of sp³-hybridized carbons (Fsp3) is 0.600. The van der Waals surface area contributed by atoms with E-state index < -0.39 is 5.92 Å². The zero-order valence-corrected chi connectivity index (χ0v) is 24.8. The van der Waals surface area contributed by atoms with Crippen LogP contribution in [-0.4, -0.2) is 74.4 Å². The number of nitrogens with zero attached hydrogens (tertiary/aromatic N) is 2. The Morgan fingerprint density at radius 3 is 2.62 bits per heavy atom. The molecule has 214 valence electrons. The van der Waals surface area contributed by atoms with E-state index in [0.717, 1.165) is 28.1 Å². The smallest absolute Gasteiger partial charge is 0.224 e. The molecule has 1 aliphatic heterocycles. The first-order chi connectivity index (χ1) is 18.7. The number of amides is 2. The number of carbonyl (C=O) groups is 3. The van der Waals surface area contributed by atoms with Crippen LogP contribution in [0.1, 0.15) is 62.4 Å². The quantitative estimate of drug-likeness (QED) is 0.340. The van der Waals surface area contributed by atoms with Crippen LogP contribution in [-0.2, 0) is 25.5 Å². The van der Waals surface area contributed by atoms with E-state index in [1.165, 1.54) is 5.56 Å². The Morgan fingerprint density at radius 1 is 1.21 bits per heavy atom. The molecule has 2 N–H and O–H groups in total. The zero-order valence-electron chi connectivity index (χ0n) is 24.0. The lowest BCUT2D eigenvalue weighted by Crippen LogP contribution is -2.46. The van der Waals surface area contributed by atoms with Crippen LogP contribution in [0, 0.1) is 11.8 Å². The molecule has 0 radical (unpaired) electrons. The average molecular weight is 557 g/mol. The average Bonchev–Trinajstić information content (AvgIpc) is 3.32. The number of ether oxygens (including phenoxy) is 1. The molecule has 0 saturated carbocycles. The number of ketones is 1. The van der Waals surface area contributed by atoms with Gasteiger partial charge in [0.15, 0.2) is 5.78 Å². The second-order valence-electron chi connectivity index (χ2n) is 11.0. The van der Waals surface area contributed by atoms with Crippen molar-refractivity contribution in [3.8, 4) is 0 Å². The van der Waals surface area contributed by atoms with Crippen LogP contribution in [0.4, 0.5) is 0 Å². The highest BCUT2D eigenvalue weighted by Gasteiger charge is 2.30. The van der Waals surface area contributed by atoms with Crippen molar-refractivity contribution >= 4 is 39.2 Å². The molecular weight excluding hydrogens is 512 g/mol. The molecule has 3 rings (SSSR count). The second-order valence-corrected chi connectivity index (χ2v) is 12.1. The van der Waals surface area contributed by atoms with Crippen LogP contribution >= 0.6 is 11.3 Å². The molecule has 2 heterocycles. The number of hydrogen-bond donors (Lipinski definition) is 2. The molecule has 1 aromatic heterocycles. The third-order valence-corrected chi connectivity index (χ3v) is 8.31. The van der Waals surface area contributed by atoms with Crippen molar-refractivity contribution in [2.45, 2.75) is 64.3 Å². The highest BCUT2D eigenvalue weighted by Crippen LogP contribution is 2.29. The zero-order chi connectivity index (χ0) is 28.4. The monoisotopic (exact) mass is 556 g/mol. The van der Waals surface area contributed by atoms with E-state index in [1.807, 2.05) is 31.1 Å². The molecule has 1 aromatic carbocycles. The van der Waals surface area contributed by atoms with Crippen molar-refractivity contribution in [3.63, 3.8) is 0 Å². The number of hydrogen-bond acceptors (Lipinski definition) is 7. The Hall–Kier alpha value is -2.62. The van der Waals surface area contributed by atoms with E-state index in [0.29, 0.717) is 44.9 Å². The second kappa shape index (κ2) is 15.2. The molecule has 8 nitrogen and oxygen atoms in total. The number of allylic oxidation sites excluding steroid dienone is 1. The largest absolute Gasteiger partial charge is 0.381 e. The van der Waals surface area contributed by atoms with E-state index in [-0.39, 0.29) is 36.0 Å². The lowest BCUT2D eigenvalue weighted by molar-refractivity contribution is -0.131. The van der Waals surface area contributed by atoms with Crippen LogP contribution in [0.2, 0.25) is 0 Å². The van der Waals surface area contributed by atoms with E-state index in [2.05, 4.69) is 36.6 Å². The van der Waals surface area contributed by atoms with Crippen LogP contribution in [0.15, 0.2) is 30.4 Å². The van der Waals surface area contributed by atoms with Gasteiger partial charge in [0.05, 0.1) is 21.1 Å². The Bertz CT molecular complexity index is 1140. The van der Waals surface area contributed by atoms with E-state index >= 15 is 0 Å². The fourth-order valence-electron chi connectivity index (χ4n) is 4.85. The molecular formula is C30H44N4O4S. The normalized spacial score (nSPS) is 16.2. The summed E-state index contributed by atoms with van der Waals surface area (Å²) in [6, 6.07) is 6.15. The number of thiazole rings is 1. The summed E-state index contributed by atoms with van der Waals surface area (Å²) >= 11 is 1.58. The van der Waals surface area contributed by atoms with Crippen molar-refractivity contribution in [1.29, 1.82) is 0 Å². The molecule has 0 spiro atoms. The predicted molar refractivity (Wildman–Crippen MR) is 157 cm³/mol. The molecule has 2 amide bonds. The van der Waals surface area contributed by atoms with Gasteiger partial charge in [0.2, 0.25) is 11.8 Å². The Morgan fingerprint density at radius 2 is 1.95 bits per heavy atom. The minimum absolute atomic E-state index is 0.0558. The minimum Gasteiger partial charge on any atom is -0.381 e. The maximum absolute atomic E-state index is 13.7. The Balaban J connectivity index is 1.74. The van der Waals surface area contributed by atoms with Crippen LogP contribution < -0.4 is 10.6 Å². The minimum atomic E-state index is -0.548. The number of likely N-dealkylation sites (N-methyl/N-ethyl adjacent to an activating group) is 1. The van der Waals surface area contributed by atoms with E-state index in [4.69, 9.17) is 9.72 Å². The van der Waals surface area contributed by atoms with Gasteiger partial charge in [-0.3, -0.25) is 14.4 Å². The summed E-state index contributed by atoms with van der Waals surface area (Å²) < 4.78 is 6.64. The summed E-state index contributed by atoms with van der Waals surface area (Å²) in [5.41, 5.74) is 2.17. The molecule has 39 heavy (non-hydrogen) atoms. The number of rotatable bonds is 14. The van der Waals surface area contributed by atoms with Crippen LogP contribution in [0.3, 0.4) is 0 Å². The number of carbonyl (C=O) groups excluding carboxylic acids is 3. The summed E-state index contributed by atoms with van der Waals surface area (Å²) in [6.45, 7) is 6.33. The van der Waals surface area contributed by atoms with Crippen molar-refractivity contribution < 1.29 is 19.1 Å². The first kappa shape index (κ1) is 30.9. The topological polar surface area (TPSA) is 101 Å². The van der Waals surface area contributed by atoms with E-state index in [1.54, 1.807) is 24.5 Å².